The Morgan fingerprint density at radius 3 is 2.31 bits per heavy atom. The number of hydrazone groups is 1. The Labute approximate surface area is 155 Å². The van der Waals surface area contributed by atoms with Crippen molar-refractivity contribution in [3.8, 4) is 11.5 Å². The molecule has 0 bridgehead atoms. The number of ether oxygens (including phenoxy) is 2. The van der Waals surface area contributed by atoms with Crippen molar-refractivity contribution in [1.29, 1.82) is 0 Å². The van der Waals surface area contributed by atoms with Gasteiger partial charge in [-0.25, -0.2) is 5.43 Å². The summed E-state index contributed by atoms with van der Waals surface area (Å²) in [5, 5.41) is 4.20. The van der Waals surface area contributed by atoms with Gasteiger partial charge < -0.3 is 9.47 Å². The molecule has 0 unspecified atom stereocenters. The van der Waals surface area contributed by atoms with Crippen LogP contribution in [0.4, 0.5) is 0 Å². The first-order valence-electron chi connectivity index (χ1n) is 8.56. The lowest BCUT2D eigenvalue weighted by atomic mass is 9.80. The molecule has 5 heteroatoms. The molecule has 2 rings (SSSR count). The maximum absolute atomic E-state index is 12.0. The Morgan fingerprint density at radius 2 is 1.65 bits per heavy atom. The molecule has 2 aromatic rings. The third-order valence-corrected chi connectivity index (χ3v) is 4.05. The van der Waals surface area contributed by atoms with Crippen LogP contribution in [-0.2, 0) is 10.2 Å². The van der Waals surface area contributed by atoms with Crippen LogP contribution in [-0.4, -0.2) is 25.3 Å². The van der Waals surface area contributed by atoms with Gasteiger partial charge in [0, 0.05) is 5.71 Å². The molecule has 0 saturated heterocycles. The molecule has 5 nitrogen and oxygen atoms in total. The highest BCUT2D eigenvalue weighted by Crippen LogP contribution is 2.27. The van der Waals surface area contributed by atoms with Crippen molar-refractivity contribution in [3.63, 3.8) is 0 Å². The smallest absolute Gasteiger partial charge is 0.277 e. The molecule has 2 aromatic carbocycles. The van der Waals surface area contributed by atoms with Crippen LogP contribution in [0, 0.1) is 0 Å². The van der Waals surface area contributed by atoms with E-state index in [1.165, 1.54) is 5.56 Å². The Bertz CT molecular complexity index is 755. The summed E-state index contributed by atoms with van der Waals surface area (Å²) in [5.41, 5.74) is 4.57. The van der Waals surface area contributed by atoms with E-state index < -0.39 is 0 Å². The summed E-state index contributed by atoms with van der Waals surface area (Å²) in [4.78, 5) is 12.0. The number of methoxy groups -OCH3 is 1. The van der Waals surface area contributed by atoms with Gasteiger partial charge in [0.25, 0.3) is 5.91 Å². The molecular weight excluding hydrogens is 328 g/mol. The van der Waals surface area contributed by atoms with Crippen LogP contribution in [0.25, 0.3) is 0 Å². The molecule has 0 saturated carbocycles. The van der Waals surface area contributed by atoms with E-state index in [1.807, 2.05) is 37.3 Å². The van der Waals surface area contributed by atoms with E-state index in [4.69, 9.17) is 9.47 Å². The van der Waals surface area contributed by atoms with E-state index in [0.717, 1.165) is 12.1 Å². The summed E-state index contributed by atoms with van der Waals surface area (Å²) in [6, 6.07) is 17.5. The number of hydrogen-bond acceptors (Lipinski definition) is 4. The zero-order valence-corrected chi connectivity index (χ0v) is 15.8. The standard InChI is InChI=1S/C21H26N2O3/c1-16(14-21(2,3)17-10-6-5-7-11-17)22-23-20(24)15-26-19-13-9-8-12-18(19)25-4/h5-13H,14-15H2,1-4H3,(H,23,24)/b22-16-. The second-order valence-corrected chi connectivity index (χ2v) is 6.75. The van der Waals surface area contributed by atoms with Crippen molar-refractivity contribution in [2.75, 3.05) is 13.7 Å². The van der Waals surface area contributed by atoms with Gasteiger partial charge in [0.2, 0.25) is 0 Å². The number of nitrogens with one attached hydrogen (secondary N) is 1. The lowest BCUT2D eigenvalue weighted by molar-refractivity contribution is -0.123. The van der Waals surface area contributed by atoms with Crippen LogP contribution >= 0.6 is 0 Å². The quantitative estimate of drug-likeness (QED) is 0.577. The number of hydrogen-bond donors (Lipinski definition) is 1. The maximum atomic E-state index is 12.0. The molecule has 0 fully saturated rings. The van der Waals surface area contributed by atoms with Gasteiger partial charge in [0.1, 0.15) is 0 Å². The minimum atomic E-state index is -0.312. The van der Waals surface area contributed by atoms with E-state index in [-0.39, 0.29) is 17.9 Å². The Hall–Kier alpha value is -2.82. The molecule has 0 spiro atoms. The van der Waals surface area contributed by atoms with Gasteiger partial charge in [0.15, 0.2) is 18.1 Å². The average molecular weight is 354 g/mol. The van der Waals surface area contributed by atoms with Gasteiger partial charge in [-0.15, -0.1) is 0 Å². The Morgan fingerprint density at radius 1 is 1.04 bits per heavy atom. The number of amides is 1. The molecule has 0 heterocycles. The van der Waals surface area contributed by atoms with Gasteiger partial charge in [-0.3, -0.25) is 4.79 Å². The van der Waals surface area contributed by atoms with Crippen molar-refractivity contribution in [2.45, 2.75) is 32.6 Å². The van der Waals surface area contributed by atoms with E-state index in [9.17, 15) is 4.79 Å². The second-order valence-electron chi connectivity index (χ2n) is 6.75. The van der Waals surface area contributed by atoms with Crippen LogP contribution in [0.2, 0.25) is 0 Å². The third kappa shape index (κ3) is 5.62. The van der Waals surface area contributed by atoms with Gasteiger partial charge in [-0.05, 0) is 36.5 Å². The number of para-hydroxylation sites is 2. The Kier molecular flexibility index (Phi) is 6.78. The number of benzene rings is 2. The predicted octanol–water partition coefficient (Wildman–Crippen LogP) is 3.93. The second kappa shape index (κ2) is 9.04. The van der Waals surface area contributed by atoms with Crippen LogP contribution in [0.15, 0.2) is 59.7 Å². The summed E-state index contributed by atoms with van der Waals surface area (Å²) >= 11 is 0. The normalized spacial score (nSPS) is 11.8. The zero-order valence-electron chi connectivity index (χ0n) is 15.8. The highest BCUT2D eigenvalue weighted by Gasteiger charge is 2.21. The van der Waals surface area contributed by atoms with Crippen LogP contribution in [0.1, 0.15) is 32.8 Å². The fraction of sp³-hybridized carbons (Fsp3) is 0.333. The average Bonchev–Trinajstić information content (AvgIpc) is 2.65. The number of nitrogens with zero attached hydrogens (tertiary/aromatic N) is 1. The minimum Gasteiger partial charge on any atom is -0.493 e. The summed E-state index contributed by atoms with van der Waals surface area (Å²) in [6.07, 6.45) is 0.741. The molecule has 0 aliphatic heterocycles. The lowest BCUT2D eigenvalue weighted by Gasteiger charge is -2.25. The van der Waals surface area contributed by atoms with E-state index in [2.05, 4.69) is 36.5 Å². The summed E-state index contributed by atoms with van der Waals surface area (Å²) in [6.45, 7) is 6.10. The molecule has 0 atom stereocenters. The first kappa shape index (κ1) is 19.5. The largest absolute Gasteiger partial charge is 0.493 e. The fourth-order valence-electron chi connectivity index (χ4n) is 2.74. The van der Waals surface area contributed by atoms with E-state index in [1.54, 1.807) is 19.2 Å². The maximum Gasteiger partial charge on any atom is 0.277 e. The number of rotatable bonds is 8. The van der Waals surface area contributed by atoms with Gasteiger partial charge >= 0.3 is 0 Å². The van der Waals surface area contributed by atoms with Crippen LogP contribution < -0.4 is 14.9 Å². The molecular formula is C21H26N2O3. The molecule has 1 N–H and O–H groups in total. The Balaban J connectivity index is 1.87. The molecule has 26 heavy (non-hydrogen) atoms. The zero-order chi connectivity index (χ0) is 19.0. The van der Waals surface area contributed by atoms with Crippen LogP contribution in [0.3, 0.4) is 0 Å². The predicted molar refractivity (Wildman–Crippen MR) is 104 cm³/mol. The number of carbonyl (C=O) groups excluding carboxylic acids is 1. The topological polar surface area (TPSA) is 59.9 Å². The summed E-state index contributed by atoms with van der Waals surface area (Å²) in [7, 11) is 1.56. The number of carbonyl (C=O) groups is 1. The fourth-order valence-corrected chi connectivity index (χ4v) is 2.74. The van der Waals surface area contributed by atoms with E-state index in [0.29, 0.717) is 11.5 Å². The summed E-state index contributed by atoms with van der Waals surface area (Å²) in [5.74, 6) is 0.799. The first-order chi connectivity index (χ1) is 12.4. The first-order valence-corrected chi connectivity index (χ1v) is 8.56. The summed E-state index contributed by atoms with van der Waals surface area (Å²) < 4.78 is 10.7. The molecule has 0 radical (unpaired) electrons. The van der Waals surface area contributed by atoms with Crippen molar-refractivity contribution < 1.29 is 14.3 Å². The molecule has 0 aliphatic carbocycles. The van der Waals surface area contributed by atoms with Crippen LogP contribution in [0.5, 0.6) is 11.5 Å². The lowest BCUT2D eigenvalue weighted by Crippen LogP contribution is -2.27. The third-order valence-electron chi connectivity index (χ3n) is 4.05. The molecule has 1 amide bonds. The van der Waals surface area contributed by atoms with Gasteiger partial charge in [-0.1, -0.05) is 56.3 Å². The van der Waals surface area contributed by atoms with Gasteiger partial charge in [-0.2, -0.15) is 5.10 Å². The molecule has 0 aliphatic rings. The molecule has 138 valence electrons. The highest BCUT2D eigenvalue weighted by atomic mass is 16.5. The van der Waals surface area contributed by atoms with Crippen molar-refractivity contribution in [2.24, 2.45) is 5.10 Å². The molecule has 0 aromatic heterocycles. The van der Waals surface area contributed by atoms with Crippen molar-refractivity contribution >= 4 is 11.6 Å². The van der Waals surface area contributed by atoms with E-state index >= 15 is 0 Å². The van der Waals surface area contributed by atoms with Crippen molar-refractivity contribution in [1.82, 2.24) is 5.43 Å². The minimum absolute atomic E-state index is 0.0620. The highest BCUT2D eigenvalue weighted by molar-refractivity contribution is 5.85. The SMILES string of the molecule is COc1ccccc1OCC(=O)N/N=C(/C)CC(C)(C)c1ccccc1. The monoisotopic (exact) mass is 354 g/mol. The van der Waals surface area contributed by atoms with Gasteiger partial charge in [0.05, 0.1) is 7.11 Å². The van der Waals surface area contributed by atoms with Crippen molar-refractivity contribution in [3.05, 3.63) is 60.2 Å².